The number of benzene rings is 2. The van der Waals surface area contributed by atoms with E-state index in [9.17, 15) is 4.79 Å². The van der Waals surface area contributed by atoms with Crippen LogP contribution >= 0.6 is 0 Å². The van der Waals surface area contributed by atoms with Gasteiger partial charge in [0.2, 0.25) is 0 Å². The first-order valence-corrected chi connectivity index (χ1v) is 19.1. The minimum atomic E-state index is -1.18. The van der Waals surface area contributed by atoms with E-state index in [0.717, 1.165) is 66.6 Å². The van der Waals surface area contributed by atoms with E-state index in [1.54, 1.807) is 19.0 Å². The third-order valence-corrected chi connectivity index (χ3v) is 10.1. The summed E-state index contributed by atoms with van der Waals surface area (Å²) < 4.78 is 8.26. The number of likely N-dealkylation sites (N-methyl/N-ethyl adjacent to an activating group) is 1. The number of nitrogens with zero attached hydrogens (tertiary/aromatic N) is 5. The largest absolute Gasteiger partial charge is 0.370 e. The highest BCUT2D eigenvalue weighted by Gasteiger charge is 2.18. The fraction of sp³-hybridized carbons (Fsp3) is 0.429. The number of hydrogen-bond acceptors (Lipinski definition) is 5. The number of rotatable bonds is 9. The van der Waals surface area contributed by atoms with Gasteiger partial charge in [0.15, 0.2) is 0 Å². The summed E-state index contributed by atoms with van der Waals surface area (Å²) in [7, 11) is 4.59. The van der Waals surface area contributed by atoms with Gasteiger partial charge in [-0.3, -0.25) is 4.79 Å². The Hall–Kier alpha value is -3.46. The van der Waals surface area contributed by atoms with Gasteiger partial charge in [-0.15, -0.1) is 0 Å². The Labute approximate surface area is 258 Å². The normalized spacial score (nSPS) is 14.7. The second-order valence-corrected chi connectivity index (χ2v) is 19.0. The molecule has 1 amide bonds. The van der Waals surface area contributed by atoms with Gasteiger partial charge in [0, 0.05) is 88.6 Å². The molecule has 0 unspecified atom stereocenters. The predicted molar refractivity (Wildman–Crippen MR) is 182 cm³/mol. The molecule has 1 fully saturated rings. The number of ether oxygens (including phenoxy) is 1. The molecule has 4 aromatic rings. The van der Waals surface area contributed by atoms with Gasteiger partial charge in [-0.2, -0.15) is 0 Å². The van der Waals surface area contributed by atoms with Gasteiger partial charge in [-0.1, -0.05) is 37.8 Å². The number of amides is 1. The lowest BCUT2D eigenvalue weighted by molar-refractivity contribution is 0.0827. The summed E-state index contributed by atoms with van der Waals surface area (Å²) in [6, 6.07) is 18.1. The molecule has 8 heteroatoms. The smallest absolute Gasteiger partial charge is 0.253 e. The van der Waals surface area contributed by atoms with Crippen LogP contribution in [-0.4, -0.2) is 87.3 Å². The molecule has 2 aromatic carbocycles. The van der Waals surface area contributed by atoms with E-state index in [2.05, 4.69) is 78.4 Å². The summed E-state index contributed by atoms with van der Waals surface area (Å²) in [6.07, 6.45) is 5.31. The molecule has 7 nitrogen and oxygen atoms in total. The number of aromatic nitrogens is 2. The Morgan fingerprint density at radius 1 is 0.953 bits per heavy atom. The van der Waals surface area contributed by atoms with E-state index in [1.807, 2.05) is 30.5 Å². The number of hydrogen-bond donors (Lipinski definition) is 0. The first-order chi connectivity index (χ1) is 20.5. The molecule has 2 aromatic heterocycles. The van der Waals surface area contributed by atoms with Crippen molar-refractivity contribution in [2.75, 3.05) is 58.8 Å². The lowest BCUT2D eigenvalue weighted by Crippen LogP contribution is -2.29. The predicted octanol–water partition coefficient (Wildman–Crippen LogP) is 6.83. The van der Waals surface area contributed by atoms with Crippen molar-refractivity contribution in [2.24, 2.45) is 0 Å². The van der Waals surface area contributed by atoms with Crippen molar-refractivity contribution in [3.8, 4) is 22.3 Å². The summed E-state index contributed by atoms with van der Waals surface area (Å²) in [5.74, 6) is -0.000238. The summed E-state index contributed by atoms with van der Waals surface area (Å²) in [5, 5.41) is 1.08. The van der Waals surface area contributed by atoms with Crippen molar-refractivity contribution >= 4 is 30.7 Å². The van der Waals surface area contributed by atoms with E-state index in [0.29, 0.717) is 12.3 Å². The first-order valence-electron chi connectivity index (χ1n) is 15.4. The Morgan fingerprint density at radius 3 is 2.40 bits per heavy atom. The molecular formula is C35H47N5O2Si. The lowest BCUT2D eigenvalue weighted by atomic mass is 9.99. The van der Waals surface area contributed by atoms with Crippen molar-refractivity contribution in [3.63, 3.8) is 0 Å². The first kappa shape index (κ1) is 31.0. The number of carbonyl (C=O) groups is 1. The minimum Gasteiger partial charge on any atom is -0.370 e. The number of anilines is 1. The summed E-state index contributed by atoms with van der Waals surface area (Å²) in [5.41, 5.74) is 8.59. The van der Waals surface area contributed by atoms with Crippen LogP contribution in [0, 0.1) is 6.92 Å². The molecule has 5 rings (SSSR count). The fourth-order valence-corrected chi connectivity index (χ4v) is 6.48. The van der Waals surface area contributed by atoms with E-state index in [4.69, 9.17) is 9.72 Å². The Morgan fingerprint density at radius 2 is 1.70 bits per heavy atom. The molecule has 228 valence electrons. The van der Waals surface area contributed by atoms with Crippen LogP contribution < -0.4 is 4.90 Å². The molecule has 1 saturated heterocycles. The average Bonchev–Trinajstić information content (AvgIpc) is 3.19. The van der Waals surface area contributed by atoms with Crippen molar-refractivity contribution in [2.45, 2.75) is 45.8 Å². The van der Waals surface area contributed by atoms with Crippen LogP contribution in [0.2, 0.25) is 25.7 Å². The fourth-order valence-electron chi connectivity index (χ4n) is 5.73. The van der Waals surface area contributed by atoms with Gasteiger partial charge >= 0.3 is 0 Å². The minimum absolute atomic E-state index is 0.000238. The van der Waals surface area contributed by atoms with E-state index >= 15 is 0 Å². The van der Waals surface area contributed by atoms with Gasteiger partial charge in [-0.25, -0.2) is 4.98 Å². The zero-order valence-corrected chi connectivity index (χ0v) is 28.0. The van der Waals surface area contributed by atoms with Gasteiger partial charge in [0.05, 0.1) is 0 Å². The molecule has 0 N–H and O–H groups in total. The number of fused-ring (bicyclic) bond motifs is 1. The maximum absolute atomic E-state index is 12.5. The number of pyridine rings is 1. The summed E-state index contributed by atoms with van der Waals surface area (Å²) >= 11 is 0. The highest BCUT2D eigenvalue weighted by atomic mass is 28.3. The van der Waals surface area contributed by atoms with Crippen LogP contribution in [0.3, 0.4) is 0 Å². The molecule has 0 radical (unpaired) electrons. The third kappa shape index (κ3) is 7.37. The number of carbonyl (C=O) groups excluding carboxylic acids is 1. The molecule has 0 bridgehead atoms. The Kier molecular flexibility index (Phi) is 9.39. The van der Waals surface area contributed by atoms with Gasteiger partial charge in [-0.05, 0) is 80.0 Å². The zero-order valence-electron chi connectivity index (χ0n) is 27.0. The monoisotopic (exact) mass is 597 g/mol. The SMILES string of the molecule is Cc1cc(-c2cnc3c(c2)c(-c2ccc(C(=O)N(C)C)cc2)cn3COCC[Si](C)(C)C)ccc1N1CCCN(C)CC1. The second-order valence-electron chi connectivity index (χ2n) is 13.4. The van der Waals surface area contributed by atoms with Crippen LogP contribution in [-0.2, 0) is 11.5 Å². The standard InChI is InChI=1S/C35H47N5O2Si/c1-26-21-29(13-14-33(26)39-16-8-15-38(4)17-18-39)30-22-31-32(27-9-11-28(12-10-27)35(41)37(2)3)24-40(34(31)36-23-30)25-42-19-20-43(5,6)7/h9-14,21-24H,8,15-20,25H2,1-7H3. The van der Waals surface area contributed by atoms with Crippen LogP contribution in [0.1, 0.15) is 22.3 Å². The van der Waals surface area contributed by atoms with Crippen LogP contribution in [0.4, 0.5) is 5.69 Å². The van der Waals surface area contributed by atoms with Crippen molar-refractivity contribution in [1.82, 2.24) is 19.4 Å². The van der Waals surface area contributed by atoms with Crippen LogP contribution in [0.5, 0.6) is 0 Å². The van der Waals surface area contributed by atoms with E-state index in [1.165, 1.54) is 23.2 Å². The molecule has 0 spiro atoms. The van der Waals surface area contributed by atoms with Gasteiger partial charge in [0.1, 0.15) is 12.4 Å². The quantitative estimate of drug-likeness (QED) is 0.156. The third-order valence-electron chi connectivity index (χ3n) is 8.38. The molecule has 1 aliphatic rings. The Balaban J connectivity index is 1.48. The lowest BCUT2D eigenvalue weighted by Gasteiger charge is -2.25. The molecule has 3 heterocycles. The van der Waals surface area contributed by atoms with Crippen molar-refractivity contribution in [1.29, 1.82) is 0 Å². The van der Waals surface area contributed by atoms with Gasteiger partial charge < -0.3 is 24.0 Å². The van der Waals surface area contributed by atoms with E-state index < -0.39 is 8.07 Å². The topological polar surface area (TPSA) is 53.8 Å². The Bertz CT molecular complexity index is 1570. The summed E-state index contributed by atoms with van der Waals surface area (Å²) in [6.45, 7) is 14.9. The van der Waals surface area contributed by atoms with Crippen LogP contribution in [0.25, 0.3) is 33.3 Å². The molecule has 1 aliphatic heterocycles. The molecule has 43 heavy (non-hydrogen) atoms. The average molecular weight is 598 g/mol. The maximum atomic E-state index is 12.5. The second kappa shape index (κ2) is 13.0. The maximum Gasteiger partial charge on any atom is 0.253 e. The highest BCUT2D eigenvalue weighted by Crippen LogP contribution is 2.34. The van der Waals surface area contributed by atoms with E-state index in [-0.39, 0.29) is 5.91 Å². The van der Waals surface area contributed by atoms with Crippen molar-refractivity contribution < 1.29 is 9.53 Å². The molecule has 0 aliphatic carbocycles. The number of aryl methyl sites for hydroxylation is 1. The zero-order chi connectivity index (χ0) is 30.7. The molecule has 0 atom stereocenters. The molecular weight excluding hydrogens is 551 g/mol. The van der Waals surface area contributed by atoms with Crippen molar-refractivity contribution in [3.05, 3.63) is 72.1 Å². The summed E-state index contributed by atoms with van der Waals surface area (Å²) in [4.78, 5) is 24.0. The highest BCUT2D eigenvalue weighted by molar-refractivity contribution is 6.76. The molecule has 0 saturated carbocycles. The van der Waals surface area contributed by atoms with Crippen LogP contribution in [0.15, 0.2) is 60.9 Å². The van der Waals surface area contributed by atoms with Gasteiger partial charge in [0.25, 0.3) is 5.91 Å².